The van der Waals surface area contributed by atoms with Crippen molar-refractivity contribution in [3.05, 3.63) is 47.2 Å². The molecule has 1 atom stereocenters. The Morgan fingerprint density at radius 3 is 2.44 bits per heavy atom. The van der Waals surface area contributed by atoms with Crippen molar-refractivity contribution >= 4 is 31.8 Å². The number of nitrogens with one attached hydrogen (secondary N) is 3. The fourth-order valence-electron chi connectivity index (χ4n) is 5.72. The van der Waals surface area contributed by atoms with Crippen molar-refractivity contribution in [3.63, 3.8) is 0 Å². The summed E-state index contributed by atoms with van der Waals surface area (Å²) < 4.78 is 5.53. The minimum absolute atomic E-state index is 0.0527. The number of carbonyl (C=O) groups excluding carboxylic acids is 3. The predicted octanol–water partition coefficient (Wildman–Crippen LogP) is 5.85. The first-order valence-corrected chi connectivity index (χ1v) is 17.6. The van der Waals surface area contributed by atoms with E-state index in [2.05, 4.69) is 40.5 Å². The van der Waals surface area contributed by atoms with Crippen LogP contribution in [0, 0.1) is 0 Å². The number of urea groups is 1. The van der Waals surface area contributed by atoms with Gasteiger partial charge < -0.3 is 20.3 Å². The molecule has 1 aliphatic carbocycles. The van der Waals surface area contributed by atoms with Crippen LogP contribution < -0.4 is 10.6 Å². The second-order valence-corrected chi connectivity index (χ2v) is 17.9. The predicted molar refractivity (Wildman–Crippen MR) is 154 cm³/mol. The number of benzene rings is 1. The lowest BCUT2D eigenvalue weighted by Gasteiger charge is -2.48. The SMILES string of the molecule is CCCCC(=O)OC[C@@H](NC(=O)N1Cc2c(NC(=O)C3([Si](C)(C)C)CCC3)n[nH]c2C1(C)C)c1ccccc1. The van der Waals surface area contributed by atoms with E-state index in [1.54, 1.807) is 4.90 Å². The number of esters is 1. The second-order valence-electron chi connectivity index (χ2n) is 12.4. The lowest BCUT2D eigenvalue weighted by Crippen LogP contribution is -2.52. The topological polar surface area (TPSA) is 116 Å². The number of aromatic nitrogens is 2. The summed E-state index contributed by atoms with van der Waals surface area (Å²) in [5.41, 5.74) is 1.82. The number of anilines is 1. The molecule has 9 nitrogen and oxygen atoms in total. The molecule has 0 unspecified atom stereocenters. The third-order valence-electron chi connectivity index (χ3n) is 8.67. The largest absolute Gasteiger partial charge is 0.463 e. The van der Waals surface area contributed by atoms with E-state index in [1.807, 2.05) is 51.1 Å². The van der Waals surface area contributed by atoms with Crippen molar-refractivity contribution in [1.82, 2.24) is 20.4 Å². The summed E-state index contributed by atoms with van der Waals surface area (Å²) in [6.45, 7) is 13.1. The van der Waals surface area contributed by atoms with Gasteiger partial charge in [0.25, 0.3) is 0 Å². The zero-order valence-corrected chi connectivity index (χ0v) is 25.1. The Balaban J connectivity index is 1.49. The fraction of sp³-hybridized carbons (Fsp3) is 0.586. The van der Waals surface area contributed by atoms with Crippen LogP contribution in [0.5, 0.6) is 0 Å². The molecule has 0 saturated heterocycles. The number of unbranched alkanes of at least 4 members (excludes halogenated alkanes) is 1. The van der Waals surface area contributed by atoms with Gasteiger partial charge in [0.15, 0.2) is 5.82 Å². The molecule has 4 rings (SSSR count). The van der Waals surface area contributed by atoms with Crippen LogP contribution in [0.25, 0.3) is 0 Å². The Kier molecular flexibility index (Phi) is 8.25. The van der Waals surface area contributed by atoms with Gasteiger partial charge in [0.1, 0.15) is 6.61 Å². The van der Waals surface area contributed by atoms with E-state index < -0.39 is 19.7 Å². The number of carbonyl (C=O) groups is 3. The van der Waals surface area contributed by atoms with Gasteiger partial charge in [-0.05, 0) is 38.7 Å². The molecule has 1 saturated carbocycles. The summed E-state index contributed by atoms with van der Waals surface area (Å²) in [7, 11) is -1.74. The number of nitrogens with zero attached hydrogens (tertiary/aromatic N) is 2. The van der Waals surface area contributed by atoms with Gasteiger partial charge in [-0.2, -0.15) is 5.10 Å². The van der Waals surface area contributed by atoms with Crippen LogP contribution in [0.3, 0.4) is 0 Å². The molecule has 2 heterocycles. The minimum Gasteiger partial charge on any atom is -0.463 e. The van der Waals surface area contributed by atoms with E-state index in [0.717, 1.165) is 48.9 Å². The van der Waals surface area contributed by atoms with Crippen molar-refractivity contribution in [1.29, 1.82) is 0 Å². The second kappa shape index (κ2) is 11.2. The molecule has 1 aliphatic heterocycles. The summed E-state index contributed by atoms with van der Waals surface area (Å²) in [4.78, 5) is 41.1. The van der Waals surface area contributed by atoms with Gasteiger partial charge in [0.2, 0.25) is 5.91 Å². The van der Waals surface area contributed by atoms with Gasteiger partial charge in [-0.3, -0.25) is 14.7 Å². The van der Waals surface area contributed by atoms with Gasteiger partial charge in [-0.1, -0.05) is 69.7 Å². The number of aromatic amines is 1. The van der Waals surface area contributed by atoms with Crippen LogP contribution in [0.2, 0.25) is 24.7 Å². The van der Waals surface area contributed by atoms with Gasteiger partial charge in [-0.25, -0.2) is 4.79 Å². The van der Waals surface area contributed by atoms with Crippen molar-refractivity contribution in [2.24, 2.45) is 0 Å². The third-order valence-corrected chi connectivity index (χ3v) is 12.3. The van der Waals surface area contributed by atoms with Gasteiger partial charge in [0, 0.05) is 17.0 Å². The molecule has 1 aromatic carbocycles. The molecular formula is C29H43N5O4Si. The highest BCUT2D eigenvalue weighted by molar-refractivity contribution is 6.83. The lowest BCUT2D eigenvalue weighted by molar-refractivity contribution is -0.144. The molecule has 0 bridgehead atoms. The van der Waals surface area contributed by atoms with Crippen LogP contribution >= 0.6 is 0 Å². The highest BCUT2D eigenvalue weighted by Crippen LogP contribution is 2.56. The van der Waals surface area contributed by atoms with Crippen LogP contribution in [0.15, 0.2) is 30.3 Å². The van der Waals surface area contributed by atoms with Crippen molar-refractivity contribution < 1.29 is 19.1 Å². The number of hydrogen-bond donors (Lipinski definition) is 3. The van der Waals surface area contributed by atoms with Crippen molar-refractivity contribution in [2.75, 3.05) is 11.9 Å². The van der Waals surface area contributed by atoms with Crippen LogP contribution in [-0.2, 0) is 26.4 Å². The molecule has 1 fully saturated rings. The molecule has 3 N–H and O–H groups in total. The Morgan fingerprint density at radius 1 is 1.15 bits per heavy atom. The number of amides is 3. The first-order chi connectivity index (χ1) is 18.4. The Labute approximate surface area is 232 Å². The molecule has 39 heavy (non-hydrogen) atoms. The average molecular weight is 554 g/mol. The van der Waals surface area contributed by atoms with E-state index >= 15 is 0 Å². The maximum Gasteiger partial charge on any atom is 0.319 e. The molecule has 0 spiro atoms. The molecule has 1 aromatic heterocycles. The first kappa shape index (κ1) is 28.9. The monoisotopic (exact) mass is 553 g/mol. The summed E-state index contributed by atoms with van der Waals surface area (Å²) in [6, 6.07) is 8.75. The molecule has 212 valence electrons. The number of rotatable bonds is 10. The van der Waals surface area contributed by atoms with Crippen LogP contribution in [0.1, 0.15) is 82.2 Å². The summed E-state index contributed by atoms with van der Waals surface area (Å²) >= 11 is 0. The van der Waals surface area contributed by atoms with Crippen LogP contribution in [0.4, 0.5) is 10.6 Å². The molecule has 10 heteroatoms. The van der Waals surface area contributed by atoms with Crippen LogP contribution in [-0.4, -0.2) is 47.7 Å². The molecule has 2 aromatic rings. The highest BCUT2D eigenvalue weighted by atomic mass is 28.3. The maximum atomic E-state index is 13.7. The van der Waals surface area contributed by atoms with Gasteiger partial charge >= 0.3 is 12.0 Å². The molecular weight excluding hydrogens is 510 g/mol. The average Bonchev–Trinajstić information content (AvgIpc) is 3.36. The smallest absolute Gasteiger partial charge is 0.319 e. The van der Waals surface area contributed by atoms with E-state index in [9.17, 15) is 14.4 Å². The summed E-state index contributed by atoms with van der Waals surface area (Å²) in [5, 5.41) is 13.5. The highest BCUT2D eigenvalue weighted by Gasteiger charge is 2.54. The third kappa shape index (κ3) is 5.62. The zero-order valence-electron chi connectivity index (χ0n) is 24.1. The number of hydrogen-bond acceptors (Lipinski definition) is 5. The summed E-state index contributed by atoms with van der Waals surface area (Å²) in [6.07, 6.45) is 4.96. The summed E-state index contributed by atoms with van der Waals surface area (Å²) in [5.74, 6) is 0.293. The number of fused-ring (bicyclic) bond motifs is 1. The van der Waals surface area contributed by atoms with E-state index in [4.69, 9.17) is 4.74 Å². The number of H-pyrrole nitrogens is 1. The Morgan fingerprint density at radius 2 is 1.85 bits per heavy atom. The normalized spacial score (nSPS) is 18.1. The van der Waals surface area contributed by atoms with E-state index in [-0.39, 0.29) is 29.6 Å². The quantitative estimate of drug-likeness (QED) is 0.252. The van der Waals surface area contributed by atoms with E-state index in [1.165, 1.54) is 0 Å². The standard InChI is InChI=1S/C29H43N5O4Si/c1-7-8-15-23(35)38-19-22(20-13-10-9-11-14-20)30-27(37)34-18-21-24(28(34,2)3)32-33-25(21)31-26(36)29(16-12-17-29)39(4,5)6/h9-11,13-14,22H,7-8,12,15-19H2,1-6H3,(H,30,37)(H2,31,32,33,36)/t22-/m1/s1. The molecule has 2 aliphatic rings. The number of ether oxygens (including phenoxy) is 1. The lowest BCUT2D eigenvalue weighted by atomic mass is 9.83. The van der Waals surface area contributed by atoms with Crippen molar-refractivity contribution in [2.45, 2.75) is 102 Å². The molecule has 3 amide bonds. The maximum absolute atomic E-state index is 13.7. The minimum atomic E-state index is -1.74. The van der Waals surface area contributed by atoms with Gasteiger partial charge in [0.05, 0.1) is 31.9 Å². The fourth-order valence-corrected chi connectivity index (χ4v) is 8.32. The van der Waals surface area contributed by atoms with Crippen molar-refractivity contribution in [3.8, 4) is 0 Å². The first-order valence-electron chi connectivity index (χ1n) is 14.1. The van der Waals surface area contributed by atoms with Gasteiger partial charge in [-0.15, -0.1) is 0 Å². The van der Waals surface area contributed by atoms with E-state index in [0.29, 0.717) is 18.8 Å². The Bertz CT molecular complexity index is 1200. The molecule has 0 radical (unpaired) electrons. The zero-order chi connectivity index (χ0) is 28.4. The Hall–Kier alpha value is -3.14.